The van der Waals surface area contributed by atoms with Gasteiger partial charge in [0.1, 0.15) is 5.76 Å². The lowest BCUT2D eigenvalue weighted by Crippen LogP contribution is -2.30. The molecule has 1 aliphatic rings. The number of hydrogen-bond donors (Lipinski definition) is 1. The van der Waals surface area contributed by atoms with E-state index in [0.29, 0.717) is 17.3 Å². The molecule has 1 heterocycles. The topological polar surface area (TPSA) is 42.2 Å². The van der Waals surface area contributed by atoms with E-state index < -0.39 is 0 Å². The molecule has 3 heteroatoms. The summed E-state index contributed by atoms with van der Waals surface area (Å²) < 4.78 is 5.37. The van der Waals surface area contributed by atoms with Crippen LogP contribution in [0.5, 0.6) is 0 Å². The highest BCUT2D eigenvalue weighted by atomic mass is 16.3. The number of nitrogens with one attached hydrogen (secondary N) is 1. The molecule has 1 aromatic carbocycles. The van der Waals surface area contributed by atoms with Crippen LogP contribution in [-0.4, -0.2) is 12.5 Å². The molecule has 1 N–H and O–H groups in total. The van der Waals surface area contributed by atoms with E-state index in [2.05, 4.69) is 5.32 Å². The lowest BCUT2D eigenvalue weighted by molar-refractivity contribution is -0.115. The predicted octanol–water partition coefficient (Wildman–Crippen LogP) is 4.52. The van der Waals surface area contributed by atoms with Gasteiger partial charge in [-0.2, -0.15) is 0 Å². The maximum absolute atomic E-state index is 12.7. The molecule has 0 atom stereocenters. The summed E-state index contributed by atoms with van der Waals surface area (Å²) in [6, 6.07) is 13.4. The molecule has 1 amide bonds. The average Bonchev–Trinajstić information content (AvgIpc) is 3.12. The molecule has 1 fully saturated rings. The summed E-state index contributed by atoms with van der Waals surface area (Å²) in [6.07, 6.45) is 9.78. The summed E-state index contributed by atoms with van der Waals surface area (Å²) in [5, 5.41) is 3.11. The van der Waals surface area contributed by atoms with Gasteiger partial charge < -0.3 is 9.73 Å². The Balaban J connectivity index is 1.73. The van der Waals surface area contributed by atoms with Gasteiger partial charge >= 0.3 is 0 Å². The zero-order valence-corrected chi connectivity index (χ0v) is 13.3. The second kappa shape index (κ2) is 7.82. The van der Waals surface area contributed by atoms with Gasteiger partial charge in [0.15, 0.2) is 0 Å². The van der Waals surface area contributed by atoms with Crippen molar-refractivity contribution in [1.29, 1.82) is 0 Å². The van der Waals surface area contributed by atoms with Gasteiger partial charge in [-0.1, -0.05) is 49.6 Å². The van der Waals surface area contributed by atoms with Gasteiger partial charge in [0.2, 0.25) is 0 Å². The summed E-state index contributed by atoms with van der Waals surface area (Å²) in [6.45, 7) is 0.765. The molecular weight excluding hydrogens is 286 g/mol. The van der Waals surface area contributed by atoms with E-state index in [1.54, 1.807) is 6.26 Å². The SMILES string of the molecule is O=C(NCC1CCCCC1)/C(=C/c1ccco1)c1ccccc1. The van der Waals surface area contributed by atoms with Crippen LogP contribution in [0.25, 0.3) is 11.6 Å². The molecule has 0 bridgehead atoms. The number of amides is 1. The third-order valence-corrected chi connectivity index (χ3v) is 4.44. The molecule has 1 aliphatic carbocycles. The summed E-state index contributed by atoms with van der Waals surface area (Å²) in [4.78, 5) is 12.7. The van der Waals surface area contributed by atoms with Crippen LogP contribution >= 0.6 is 0 Å². The van der Waals surface area contributed by atoms with Crippen LogP contribution in [0.4, 0.5) is 0 Å². The first kappa shape index (κ1) is 15.6. The van der Waals surface area contributed by atoms with Crippen molar-refractivity contribution in [3.63, 3.8) is 0 Å². The first-order valence-corrected chi connectivity index (χ1v) is 8.42. The molecule has 120 valence electrons. The van der Waals surface area contributed by atoms with Crippen LogP contribution in [0.15, 0.2) is 53.1 Å². The molecule has 1 aromatic heterocycles. The van der Waals surface area contributed by atoms with E-state index in [1.165, 1.54) is 32.1 Å². The Bertz CT molecular complexity index is 638. The first-order valence-electron chi connectivity index (χ1n) is 8.42. The monoisotopic (exact) mass is 309 g/mol. The molecule has 0 saturated heterocycles. The smallest absolute Gasteiger partial charge is 0.252 e. The Hall–Kier alpha value is -2.29. The highest BCUT2D eigenvalue weighted by Gasteiger charge is 2.17. The fourth-order valence-corrected chi connectivity index (χ4v) is 3.14. The Labute approximate surface area is 137 Å². The van der Waals surface area contributed by atoms with Crippen LogP contribution in [-0.2, 0) is 4.79 Å². The summed E-state index contributed by atoms with van der Waals surface area (Å²) in [5.74, 6) is 1.28. The number of rotatable bonds is 5. The molecule has 0 spiro atoms. The normalized spacial score (nSPS) is 16.3. The van der Waals surface area contributed by atoms with Crippen LogP contribution in [0.2, 0.25) is 0 Å². The molecule has 3 nitrogen and oxygen atoms in total. The maximum Gasteiger partial charge on any atom is 0.252 e. The fourth-order valence-electron chi connectivity index (χ4n) is 3.14. The number of benzene rings is 1. The van der Waals surface area contributed by atoms with Crippen molar-refractivity contribution in [3.8, 4) is 0 Å². The van der Waals surface area contributed by atoms with Gasteiger partial charge in [0, 0.05) is 6.54 Å². The molecule has 23 heavy (non-hydrogen) atoms. The third-order valence-electron chi connectivity index (χ3n) is 4.44. The highest BCUT2D eigenvalue weighted by molar-refractivity contribution is 6.24. The number of carbonyl (C=O) groups excluding carboxylic acids is 1. The maximum atomic E-state index is 12.7. The second-order valence-electron chi connectivity index (χ2n) is 6.15. The molecular formula is C20H23NO2. The van der Waals surface area contributed by atoms with E-state index in [4.69, 9.17) is 4.42 Å². The number of furan rings is 1. The second-order valence-corrected chi connectivity index (χ2v) is 6.15. The van der Waals surface area contributed by atoms with E-state index in [1.807, 2.05) is 48.5 Å². The third kappa shape index (κ3) is 4.35. The number of hydrogen-bond acceptors (Lipinski definition) is 2. The van der Waals surface area contributed by atoms with Crippen molar-refractivity contribution in [3.05, 3.63) is 60.1 Å². The molecule has 0 unspecified atom stereocenters. The minimum Gasteiger partial charge on any atom is -0.465 e. The van der Waals surface area contributed by atoms with E-state index in [9.17, 15) is 4.79 Å². The molecule has 2 aromatic rings. The first-order chi connectivity index (χ1) is 11.3. The fraction of sp³-hybridized carbons (Fsp3) is 0.350. The van der Waals surface area contributed by atoms with Crippen LogP contribution in [0.3, 0.4) is 0 Å². The Morgan fingerprint density at radius 1 is 1.09 bits per heavy atom. The molecule has 0 aliphatic heterocycles. The predicted molar refractivity (Wildman–Crippen MR) is 92.6 cm³/mol. The van der Waals surface area contributed by atoms with E-state index >= 15 is 0 Å². The minimum atomic E-state index is -0.0295. The summed E-state index contributed by atoms with van der Waals surface area (Å²) in [5.41, 5.74) is 1.56. The van der Waals surface area contributed by atoms with Gasteiger partial charge in [-0.25, -0.2) is 0 Å². The van der Waals surface area contributed by atoms with Crippen molar-refractivity contribution >= 4 is 17.6 Å². The zero-order chi connectivity index (χ0) is 15.9. The van der Waals surface area contributed by atoms with Gasteiger partial charge in [0.25, 0.3) is 5.91 Å². The highest BCUT2D eigenvalue weighted by Crippen LogP contribution is 2.23. The molecule has 3 rings (SSSR count). The van der Waals surface area contributed by atoms with Gasteiger partial charge in [-0.3, -0.25) is 4.79 Å². The summed E-state index contributed by atoms with van der Waals surface area (Å²) >= 11 is 0. The zero-order valence-electron chi connectivity index (χ0n) is 13.3. The van der Waals surface area contributed by atoms with Crippen LogP contribution in [0.1, 0.15) is 43.4 Å². The molecule has 1 saturated carbocycles. The van der Waals surface area contributed by atoms with Crippen LogP contribution in [0, 0.1) is 5.92 Å². The van der Waals surface area contributed by atoms with Crippen molar-refractivity contribution in [2.75, 3.05) is 6.54 Å². The van der Waals surface area contributed by atoms with Gasteiger partial charge in [-0.05, 0) is 42.5 Å². The van der Waals surface area contributed by atoms with Crippen molar-refractivity contribution in [1.82, 2.24) is 5.32 Å². The Kier molecular flexibility index (Phi) is 5.30. The standard InChI is InChI=1S/C20H23NO2/c22-20(21-15-16-8-3-1-4-9-16)19(14-18-12-7-13-23-18)17-10-5-2-6-11-17/h2,5-7,10-14,16H,1,3-4,8-9,15H2,(H,21,22)/b19-14+. The lowest BCUT2D eigenvalue weighted by atomic mass is 9.89. The van der Waals surface area contributed by atoms with Gasteiger partial charge in [-0.15, -0.1) is 0 Å². The minimum absolute atomic E-state index is 0.0295. The average molecular weight is 309 g/mol. The van der Waals surface area contributed by atoms with Crippen molar-refractivity contribution in [2.45, 2.75) is 32.1 Å². The molecule has 0 radical (unpaired) electrons. The summed E-state index contributed by atoms with van der Waals surface area (Å²) in [7, 11) is 0. The van der Waals surface area contributed by atoms with E-state index in [-0.39, 0.29) is 5.91 Å². The number of carbonyl (C=O) groups is 1. The Morgan fingerprint density at radius 2 is 1.87 bits per heavy atom. The van der Waals surface area contributed by atoms with Crippen LogP contribution < -0.4 is 5.32 Å². The van der Waals surface area contributed by atoms with Crippen molar-refractivity contribution < 1.29 is 9.21 Å². The Morgan fingerprint density at radius 3 is 2.57 bits per heavy atom. The van der Waals surface area contributed by atoms with E-state index in [0.717, 1.165) is 12.1 Å². The van der Waals surface area contributed by atoms with Gasteiger partial charge in [0.05, 0.1) is 11.8 Å². The van der Waals surface area contributed by atoms with Crippen molar-refractivity contribution in [2.24, 2.45) is 5.92 Å². The lowest BCUT2D eigenvalue weighted by Gasteiger charge is -2.22. The largest absolute Gasteiger partial charge is 0.465 e. The quantitative estimate of drug-likeness (QED) is 0.825.